The predicted octanol–water partition coefficient (Wildman–Crippen LogP) is 5.08. The molecule has 0 radical (unpaired) electrons. The van der Waals surface area contributed by atoms with Crippen molar-refractivity contribution in [2.24, 2.45) is 0 Å². The van der Waals surface area contributed by atoms with E-state index < -0.39 is 11.3 Å². The zero-order valence-corrected chi connectivity index (χ0v) is 15.6. The Morgan fingerprint density at radius 3 is 2.73 bits per heavy atom. The van der Waals surface area contributed by atoms with Crippen LogP contribution in [0.4, 0.5) is 5.13 Å². The fourth-order valence-electron chi connectivity index (χ4n) is 2.39. The first kappa shape index (κ1) is 17.0. The van der Waals surface area contributed by atoms with Crippen LogP contribution in [0, 0.1) is 0 Å². The summed E-state index contributed by atoms with van der Waals surface area (Å²) in [7, 11) is 0. The Kier molecular flexibility index (Phi) is 4.83. The molecular formula is C18H12ClN3O2S2. The minimum Gasteiger partial charge on any atom is -0.383 e. The summed E-state index contributed by atoms with van der Waals surface area (Å²) in [5, 5.41) is 3.96. The molecule has 2 heterocycles. The molecule has 8 heteroatoms. The maximum atomic E-state index is 12.3. The maximum absolute atomic E-state index is 12.3. The van der Waals surface area contributed by atoms with E-state index >= 15 is 0 Å². The number of anilines is 1. The van der Waals surface area contributed by atoms with Gasteiger partial charge in [-0.1, -0.05) is 41.9 Å². The molecule has 1 unspecified atom stereocenters. The molecule has 0 aliphatic carbocycles. The van der Waals surface area contributed by atoms with Crippen molar-refractivity contribution in [1.82, 2.24) is 9.97 Å². The highest BCUT2D eigenvalue weighted by Gasteiger charge is 2.11. The van der Waals surface area contributed by atoms with Gasteiger partial charge in [-0.15, -0.1) is 11.3 Å². The van der Waals surface area contributed by atoms with Crippen LogP contribution < -0.4 is 8.91 Å². The van der Waals surface area contributed by atoms with E-state index in [1.165, 1.54) is 11.3 Å². The highest BCUT2D eigenvalue weighted by molar-refractivity contribution is 7.82. The number of pyridine rings is 1. The molecule has 26 heavy (non-hydrogen) atoms. The van der Waals surface area contributed by atoms with Crippen molar-refractivity contribution in [3.8, 4) is 17.0 Å². The molecule has 2 aromatic heterocycles. The van der Waals surface area contributed by atoms with E-state index in [0.29, 0.717) is 21.4 Å². The number of thiazole rings is 1. The van der Waals surface area contributed by atoms with Crippen molar-refractivity contribution in [2.45, 2.75) is 0 Å². The van der Waals surface area contributed by atoms with Gasteiger partial charge in [0.1, 0.15) is 5.52 Å². The van der Waals surface area contributed by atoms with Crippen LogP contribution in [0.2, 0.25) is 5.02 Å². The number of para-hydroxylation sites is 1. The molecule has 4 aromatic rings. The second kappa shape index (κ2) is 7.41. The van der Waals surface area contributed by atoms with Crippen LogP contribution in [-0.4, -0.2) is 14.2 Å². The van der Waals surface area contributed by atoms with Gasteiger partial charge in [0.2, 0.25) is 0 Å². The normalized spacial score (nSPS) is 12.0. The highest BCUT2D eigenvalue weighted by atomic mass is 35.5. The third-order valence-corrected chi connectivity index (χ3v) is 5.41. The maximum Gasteiger partial charge on any atom is 0.317 e. The van der Waals surface area contributed by atoms with Crippen LogP contribution in [-0.2, 0) is 11.3 Å². The van der Waals surface area contributed by atoms with Crippen molar-refractivity contribution >= 4 is 50.2 Å². The van der Waals surface area contributed by atoms with Crippen molar-refractivity contribution in [3.05, 3.63) is 71.2 Å². The standard InChI is InChI=1S/C18H12ClN3O2S2/c19-14-8-6-12(7-9-14)15-11-25-18(21-15)22-26(23)24-16-5-1-3-13-4-2-10-20-17(13)16/h1-11H,(H,21,22). The first-order valence-electron chi connectivity index (χ1n) is 7.61. The summed E-state index contributed by atoms with van der Waals surface area (Å²) in [5.74, 6) is 0.448. The fraction of sp³-hybridized carbons (Fsp3) is 0. The van der Waals surface area contributed by atoms with Crippen LogP contribution in [0.25, 0.3) is 22.2 Å². The second-order valence-corrected chi connectivity index (χ2v) is 7.43. The molecule has 0 aliphatic heterocycles. The summed E-state index contributed by atoms with van der Waals surface area (Å²) in [6, 6.07) is 16.6. The molecule has 0 saturated carbocycles. The molecular weight excluding hydrogens is 390 g/mol. The molecule has 0 aliphatic rings. The van der Waals surface area contributed by atoms with Gasteiger partial charge in [0.25, 0.3) is 0 Å². The smallest absolute Gasteiger partial charge is 0.317 e. The van der Waals surface area contributed by atoms with Crippen LogP contribution in [0.15, 0.2) is 66.2 Å². The minimum absolute atomic E-state index is 0.448. The van der Waals surface area contributed by atoms with Crippen molar-refractivity contribution in [1.29, 1.82) is 0 Å². The van der Waals surface area contributed by atoms with Gasteiger partial charge >= 0.3 is 11.3 Å². The van der Waals surface area contributed by atoms with E-state index in [0.717, 1.165) is 16.6 Å². The number of benzene rings is 2. The third-order valence-electron chi connectivity index (χ3n) is 3.58. The average molecular weight is 402 g/mol. The van der Waals surface area contributed by atoms with Gasteiger partial charge in [-0.3, -0.25) is 4.98 Å². The lowest BCUT2D eigenvalue weighted by atomic mass is 10.2. The van der Waals surface area contributed by atoms with Crippen LogP contribution in [0.1, 0.15) is 0 Å². The van der Waals surface area contributed by atoms with Crippen LogP contribution in [0.3, 0.4) is 0 Å². The molecule has 2 aromatic carbocycles. The van der Waals surface area contributed by atoms with Gasteiger partial charge < -0.3 is 4.18 Å². The van der Waals surface area contributed by atoms with Gasteiger partial charge in [0, 0.05) is 27.5 Å². The quantitative estimate of drug-likeness (QED) is 0.506. The van der Waals surface area contributed by atoms with E-state index in [-0.39, 0.29) is 0 Å². The summed E-state index contributed by atoms with van der Waals surface area (Å²) in [6.45, 7) is 0. The van der Waals surface area contributed by atoms with Crippen LogP contribution >= 0.6 is 22.9 Å². The Hall–Kier alpha value is -2.48. The number of nitrogens with zero attached hydrogens (tertiary/aromatic N) is 2. The van der Waals surface area contributed by atoms with E-state index in [9.17, 15) is 4.21 Å². The number of nitrogens with one attached hydrogen (secondary N) is 1. The fourth-order valence-corrected chi connectivity index (χ4v) is 4.00. The van der Waals surface area contributed by atoms with Gasteiger partial charge in [-0.2, -0.15) is 4.21 Å². The first-order valence-corrected chi connectivity index (χ1v) is 9.94. The van der Waals surface area contributed by atoms with Crippen molar-refractivity contribution < 1.29 is 8.39 Å². The highest BCUT2D eigenvalue weighted by Crippen LogP contribution is 2.27. The largest absolute Gasteiger partial charge is 0.383 e. The number of halogens is 1. The zero-order valence-electron chi connectivity index (χ0n) is 13.3. The Morgan fingerprint density at radius 1 is 1.08 bits per heavy atom. The molecule has 1 N–H and O–H groups in total. The van der Waals surface area contributed by atoms with E-state index in [2.05, 4.69) is 14.7 Å². The lowest BCUT2D eigenvalue weighted by molar-refractivity contribution is 0.570. The summed E-state index contributed by atoms with van der Waals surface area (Å²) >= 11 is 5.46. The third kappa shape index (κ3) is 3.70. The zero-order chi connectivity index (χ0) is 17.9. The Bertz CT molecular complexity index is 1080. The van der Waals surface area contributed by atoms with Gasteiger partial charge in [-0.05, 0) is 24.3 Å². The minimum atomic E-state index is -1.79. The average Bonchev–Trinajstić information content (AvgIpc) is 3.11. The van der Waals surface area contributed by atoms with E-state index in [4.69, 9.17) is 15.8 Å². The topological polar surface area (TPSA) is 64.1 Å². The van der Waals surface area contributed by atoms with Crippen LogP contribution in [0.5, 0.6) is 5.75 Å². The van der Waals surface area contributed by atoms with Gasteiger partial charge in [-0.25, -0.2) is 9.71 Å². The summed E-state index contributed by atoms with van der Waals surface area (Å²) in [6.07, 6.45) is 1.67. The van der Waals surface area contributed by atoms with E-state index in [1.54, 1.807) is 24.4 Å². The summed E-state index contributed by atoms with van der Waals surface area (Å²) < 4.78 is 20.6. The SMILES string of the molecule is O=S(Nc1nc(-c2ccc(Cl)cc2)cs1)Oc1cccc2cccnc12. The predicted molar refractivity (Wildman–Crippen MR) is 107 cm³/mol. The number of hydrogen-bond acceptors (Lipinski definition) is 5. The number of fused-ring (bicyclic) bond motifs is 1. The molecule has 4 rings (SSSR count). The molecule has 0 fully saturated rings. The molecule has 0 amide bonds. The number of rotatable bonds is 5. The molecule has 0 bridgehead atoms. The Morgan fingerprint density at radius 2 is 1.88 bits per heavy atom. The van der Waals surface area contributed by atoms with E-state index in [1.807, 2.05) is 41.8 Å². The lowest BCUT2D eigenvalue weighted by Gasteiger charge is -2.07. The van der Waals surface area contributed by atoms with Crippen molar-refractivity contribution in [2.75, 3.05) is 4.72 Å². The number of aromatic nitrogens is 2. The Labute approximate surface area is 161 Å². The molecule has 5 nitrogen and oxygen atoms in total. The second-order valence-electron chi connectivity index (χ2n) is 5.30. The van der Waals surface area contributed by atoms with Gasteiger partial charge in [0.05, 0.1) is 5.69 Å². The monoisotopic (exact) mass is 401 g/mol. The van der Waals surface area contributed by atoms with Crippen molar-refractivity contribution in [3.63, 3.8) is 0 Å². The molecule has 130 valence electrons. The molecule has 0 saturated heterocycles. The summed E-state index contributed by atoms with van der Waals surface area (Å²) in [4.78, 5) is 8.71. The Balaban J connectivity index is 1.49. The van der Waals surface area contributed by atoms with Gasteiger partial charge in [0.15, 0.2) is 10.9 Å². The summed E-state index contributed by atoms with van der Waals surface area (Å²) in [5.41, 5.74) is 2.37. The molecule has 0 spiro atoms. The molecule has 1 atom stereocenters. The number of hydrogen-bond donors (Lipinski definition) is 1. The first-order chi connectivity index (χ1) is 12.7. The lowest BCUT2D eigenvalue weighted by Crippen LogP contribution is -2.11.